The molecule has 1 aromatic heterocycles. The van der Waals surface area contributed by atoms with Crippen LogP contribution in [0, 0.1) is 0 Å². The van der Waals surface area contributed by atoms with Crippen molar-refractivity contribution in [1.29, 1.82) is 0 Å². The molecule has 1 rings (SSSR count). The van der Waals surface area contributed by atoms with Crippen molar-refractivity contribution in [2.75, 3.05) is 20.6 Å². The van der Waals surface area contributed by atoms with Gasteiger partial charge in [-0.1, -0.05) is 0 Å². The molecule has 0 saturated carbocycles. The molecular weight excluding hydrogens is 248 g/mol. The van der Waals surface area contributed by atoms with Crippen LogP contribution in [0.15, 0.2) is 5.38 Å². The Hall–Kier alpha value is -0.980. The lowest BCUT2D eigenvalue weighted by Crippen LogP contribution is -2.48. The molecule has 0 aliphatic carbocycles. The van der Waals surface area contributed by atoms with Crippen LogP contribution >= 0.6 is 11.3 Å². The quantitative estimate of drug-likeness (QED) is 0.844. The van der Waals surface area contributed by atoms with E-state index in [1.54, 1.807) is 5.38 Å². The molecule has 0 aromatic carbocycles. The lowest BCUT2D eigenvalue weighted by Gasteiger charge is -2.32. The van der Waals surface area contributed by atoms with Crippen molar-refractivity contribution in [2.45, 2.75) is 32.4 Å². The Bertz CT molecular complexity index is 412. The zero-order valence-electron chi connectivity index (χ0n) is 11.7. The molecule has 5 nitrogen and oxygen atoms in total. The van der Waals surface area contributed by atoms with Crippen molar-refractivity contribution in [3.05, 3.63) is 16.1 Å². The molecule has 1 amide bonds. The summed E-state index contributed by atoms with van der Waals surface area (Å²) in [4.78, 5) is 18.2. The summed E-state index contributed by atoms with van der Waals surface area (Å²) >= 11 is 1.42. The summed E-state index contributed by atoms with van der Waals surface area (Å²) < 4.78 is 0. The van der Waals surface area contributed by atoms with Gasteiger partial charge in [0.2, 0.25) is 0 Å². The van der Waals surface area contributed by atoms with Crippen LogP contribution < -0.4 is 11.1 Å². The van der Waals surface area contributed by atoms with E-state index in [1.165, 1.54) is 11.3 Å². The van der Waals surface area contributed by atoms with Gasteiger partial charge in [-0.15, -0.1) is 11.3 Å². The van der Waals surface area contributed by atoms with E-state index in [1.807, 2.05) is 21.0 Å². The summed E-state index contributed by atoms with van der Waals surface area (Å²) in [5.41, 5.74) is 6.08. The van der Waals surface area contributed by atoms with E-state index in [4.69, 9.17) is 5.73 Å². The molecule has 1 aromatic rings. The van der Waals surface area contributed by atoms with Gasteiger partial charge >= 0.3 is 0 Å². The smallest absolute Gasteiger partial charge is 0.270 e. The van der Waals surface area contributed by atoms with Crippen molar-refractivity contribution < 1.29 is 4.79 Å². The highest BCUT2D eigenvalue weighted by Gasteiger charge is 2.22. The minimum atomic E-state index is -0.145. The zero-order chi connectivity index (χ0) is 13.9. The predicted octanol–water partition coefficient (Wildman–Crippen LogP) is 1.23. The molecule has 6 heteroatoms. The third kappa shape index (κ3) is 3.76. The average molecular weight is 270 g/mol. The van der Waals surface area contributed by atoms with E-state index in [0.29, 0.717) is 12.2 Å². The molecule has 1 heterocycles. The lowest BCUT2D eigenvalue weighted by atomic mass is 10.0. The first kappa shape index (κ1) is 15.1. The molecule has 0 spiro atoms. The van der Waals surface area contributed by atoms with Gasteiger partial charge in [-0.05, 0) is 34.9 Å². The van der Waals surface area contributed by atoms with Crippen LogP contribution in [0.1, 0.15) is 42.3 Å². The number of carbonyl (C=O) groups excluding carboxylic acids is 1. The second-order valence-electron chi connectivity index (χ2n) is 5.25. The minimum absolute atomic E-state index is 0.0876. The van der Waals surface area contributed by atoms with Gasteiger partial charge in [0.1, 0.15) is 10.7 Å². The van der Waals surface area contributed by atoms with Crippen LogP contribution in [0.4, 0.5) is 0 Å². The fourth-order valence-corrected chi connectivity index (χ4v) is 1.90. The molecule has 102 valence electrons. The fraction of sp³-hybridized carbons (Fsp3) is 0.667. The van der Waals surface area contributed by atoms with Crippen molar-refractivity contribution in [3.63, 3.8) is 0 Å². The van der Waals surface area contributed by atoms with Gasteiger partial charge in [0.05, 0.1) is 6.04 Å². The zero-order valence-corrected chi connectivity index (χ0v) is 12.5. The molecule has 0 bridgehead atoms. The number of rotatable bonds is 5. The molecule has 0 aliphatic rings. The summed E-state index contributed by atoms with van der Waals surface area (Å²) in [6, 6.07) is -0.130. The maximum absolute atomic E-state index is 11.9. The molecular formula is C12H22N4OS. The molecule has 3 N–H and O–H groups in total. The van der Waals surface area contributed by atoms with E-state index >= 15 is 0 Å². The number of nitrogens with zero attached hydrogens (tertiary/aromatic N) is 2. The van der Waals surface area contributed by atoms with Crippen LogP contribution in [-0.2, 0) is 0 Å². The van der Waals surface area contributed by atoms with E-state index in [9.17, 15) is 4.79 Å². The number of carbonyl (C=O) groups is 1. The SMILES string of the molecule is CC(N)c1nc(C(=O)NCC(C)(C)N(C)C)cs1. The predicted molar refractivity (Wildman–Crippen MR) is 74.8 cm³/mol. The highest BCUT2D eigenvalue weighted by atomic mass is 32.1. The number of aromatic nitrogens is 1. The van der Waals surface area contributed by atoms with Gasteiger partial charge in [0.15, 0.2) is 0 Å². The monoisotopic (exact) mass is 270 g/mol. The Labute approximate surface area is 112 Å². The van der Waals surface area contributed by atoms with Gasteiger partial charge in [0, 0.05) is 17.5 Å². The van der Waals surface area contributed by atoms with Crippen LogP contribution in [0.2, 0.25) is 0 Å². The first-order valence-corrected chi connectivity index (χ1v) is 6.78. The summed E-state index contributed by atoms with van der Waals surface area (Å²) in [6.45, 7) is 6.57. The van der Waals surface area contributed by atoms with E-state index in [2.05, 4.69) is 29.0 Å². The van der Waals surface area contributed by atoms with Crippen molar-refractivity contribution in [3.8, 4) is 0 Å². The standard InChI is InChI=1S/C12H22N4OS/c1-8(13)11-15-9(6-18-11)10(17)14-7-12(2,3)16(4)5/h6,8H,7,13H2,1-5H3,(H,14,17). The Morgan fingerprint density at radius 2 is 2.22 bits per heavy atom. The number of nitrogens with one attached hydrogen (secondary N) is 1. The molecule has 0 fully saturated rings. The lowest BCUT2D eigenvalue weighted by molar-refractivity contribution is 0.0915. The molecule has 1 atom stereocenters. The van der Waals surface area contributed by atoms with Gasteiger partial charge in [0.25, 0.3) is 5.91 Å². The van der Waals surface area contributed by atoms with Crippen molar-refractivity contribution in [2.24, 2.45) is 5.73 Å². The van der Waals surface area contributed by atoms with E-state index in [0.717, 1.165) is 5.01 Å². The van der Waals surface area contributed by atoms with Crippen LogP contribution in [-0.4, -0.2) is 42.0 Å². The largest absolute Gasteiger partial charge is 0.349 e. The van der Waals surface area contributed by atoms with Gasteiger partial charge in [-0.2, -0.15) is 0 Å². The van der Waals surface area contributed by atoms with Crippen molar-refractivity contribution in [1.82, 2.24) is 15.2 Å². The van der Waals surface area contributed by atoms with Crippen LogP contribution in [0.25, 0.3) is 0 Å². The van der Waals surface area contributed by atoms with Crippen LogP contribution in [0.3, 0.4) is 0 Å². The summed E-state index contributed by atoms with van der Waals surface area (Å²) in [7, 11) is 3.98. The van der Waals surface area contributed by atoms with E-state index in [-0.39, 0.29) is 17.5 Å². The first-order valence-electron chi connectivity index (χ1n) is 5.90. The molecule has 18 heavy (non-hydrogen) atoms. The summed E-state index contributed by atoms with van der Waals surface area (Å²) in [5.74, 6) is -0.145. The molecule has 1 unspecified atom stereocenters. The Morgan fingerprint density at radius 3 is 2.67 bits per heavy atom. The first-order chi connectivity index (χ1) is 8.24. The minimum Gasteiger partial charge on any atom is -0.349 e. The average Bonchev–Trinajstić information content (AvgIpc) is 2.75. The Morgan fingerprint density at radius 1 is 1.61 bits per heavy atom. The second kappa shape index (κ2) is 5.77. The Kier molecular flexibility index (Phi) is 4.84. The summed E-state index contributed by atoms with van der Waals surface area (Å²) in [6.07, 6.45) is 0. The number of hydrogen-bond donors (Lipinski definition) is 2. The second-order valence-corrected chi connectivity index (χ2v) is 6.14. The number of likely N-dealkylation sites (N-methyl/N-ethyl adjacent to an activating group) is 1. The fourth-order valence-electron chi connectivity index (χ4n) is 1.15. The maximum atomic E-state index is 11.9. The van der Waals surface area contributed by atoms with Gasteiger partial charge in [-0.25, -0.2) is 4.98 Å². The van der Waals surface area contributed by atoms with Crippen molar-refractivity contribution >= 4 is 17.2 Å². The summed E-state index contributed by atoms with van der Waals surface area (Å²) in [5, 5.41) is 5.43. The van der Waals surface area contributed by atoms with Gasteiger partial charge < -0.3 is 16.0 Å². The van der Waals surface area contributed by atoms with Gasteiger partial charge in [-0.3, -0.25) is 4.79 Å². The van der Waals surface area contributed by atoms with E-state index < -0.39 is 0 Å². The highest BCUT2D eigenvalue weighted by Crippen LogP contribution is 2.16. The topological polar surface area (TPSA) is 71.2 Å². The number of hydrogen-bond acceptors (Lipinski definition) is 5. The molecule has 0 saturated heterocycles. The highest BCUT2D eigenvalue weighted by molar-refractivity contribution is 7.09. The maximum Gasteiger partial charge on any atom is 0.270 e. The number of amides is 1. The number of nitrogens with two attached hydrogens (primary N) is 1. The third-order valence-electron chi connectivity index (χ3n) is 3.04. The molecule has 0 aliphatic heterocycles. The normalized spacial score (nSPS) is 13.7. The van der Waals surface area contributed by atoms with Crippen LogP contribution in [0.5, 0.6) is 0 Å². The number of thiazole rings is 1. The third-order valence-corrected chi connectivity index (χ3v) is 4.08. The molecule has 0 radical (unpaired) electrons. The Balaban J connectivity index is 2.60.